The lowest BCUT2D eigenvalue weighted by atomic mass is 10.1. The third kappa shape index (κ3) is 3.97. The fraction of sp³-hybridized carbons (Fsp3) is 0.154. The van der Waals surface area contributed by atoms with Gasteiger partial charge >= 0.3 is 0 Å². The molecule has 0 bridgehead atoms. The summed E-state index contributed by atoms with van der Waals surface area (Å²) in [6.45, 7) is 0. The molecule has 8 heteroatoms. The zero-order chi connectivity index (χ0) is 15.5. The van der Waals surface area contributed by atoms with Crippen molar-refractivity contribution in [3.8, 4) is 5.75 Å². The molecule has 2 N–H and O–H groups in total. The average Bonchev–Trinajstić information content (AvgIpc) is 2.45. The van der Waals surface area contributed by atoms with Gasteiger partial charge in [-0.3, -0.25) is 0 Å². The Morgan fingerprint density at radius 3 is 2.38 bits per heavy atom. The van der Waals surface area contributed by atoms with Crippen molar-refractivity contribution in [2.75, 3.05) is 12.8 Å². The van der Waals surface area contributed by atoms with Gasteiger partial charge in [-0.25, -0.2) is 15.0 Å². The first-order valence-corrected chi connectivity index (χ1v) is 6.90. The number of ether oxygens (including phenoxy) is 1. The highest BCUT2D eigenvalue weighted by Gasteiger charge is 2.27. The van der Waals surface area contributed by atoms with Gasteiger partial charge in [0.15, 0.2) is 5.82 Å². The Bertz CT molecular complexity index is 656. The van der Waals surface area contributed by atoms with Crippen molar-refractivity contribution in [1.82, 2.24) is 15.0 Å². The van der Waals surface area contributed by atoms with Crippen LogP contribution in [0.15, 0.2) is 24.8 Å². The molecule has 0 saturated heterocycles. The second-order valence-electron chi connectivity index (χ2n) is 4.01. The molecule has 5 nitrogen and oxygen atoms in total. The van der Waals surface area contributed by atoms with Crippen LogP contribution in [0.4, 0.5) is 5.69 Å². The number of hydrogen-bond donors (Lipinski definition) is 1. The number of hydrogen-bond acceptors (Lipinski definition) is 5. The number of nitrogens with two attached hydrogens (primary N) is 1. The third-order valence-corrected chi connectivity index (χ3v) is 3.21. The Labute approximate surface area is 136 Å². The van der Waals surface area contributed by atoms with Crippen molar-refractivity contribution in [2.45, 2.75) is 3.79 Å². The molecule has 110 valence electrons. The lowest BCUT2D eigenvalue weighted by Crippen LogP contribution is -2.06. The Morgan fingerprint density at radius 2 is 1.81 bits per heavy atom. The van der Waals surface area contributed by atoms with E-state index in [0.717, 1.165) is 0 Å². The molecule has 0 radical (unpaired) electrons. The van der Waals surface area contributed by atoms with Crippen LogP contribution >= 0.6 is 34.8 Å². The maximum Gasteiger partial charge on any atom is 0.216 e. The molecule has 0 unspecified atom stereocenters. The fourth-order valence-electron chi connectivity index (χ4n) is 1.72. The number of alkyl halides is 3. The van der Waals surface area contributed by atoms with Crippen molar-refractivity contribution in [1.29, 1.82) is 0 Å². The molecule has 0 fully saturated rings. The minimum absolute atomic E-state index is 0.412. The van der Waals surface area contributed by atoms with Crippen LogP contribution in [0.1, 0.15) is 17.0 Å². The lowest BCUT2D eigenvalue weighted by Gasteiger charge is -2.18. The average molecular weight is 346 g/mol. The SMILES string of the molecule is COc1cc(N)cc(C(Cl)(Cl)Cl)c1C=Cc1ncncn1. The smallest absolute Gasteiger partial charge is 0.216 e. The van der Waals surface area contributed by atoms with Gasteiger partial charge in [-0.05, 0) is 18.2 Å². The molecular weight excluding hydrogens is 335 g/mol. The molecule has 0 spiro atoms. The number of rotatable bonds is 3. The third-order valence-electron chi connectivity index (χ3n) is 2.60. The van der Waals surface area contributed by atoms with E-state index >= 15 is 0 Å². The predicted octanol–water partition coefficient (Wildman–Crippen LogP) is 3.46. The molecule has 2 rings (SSSR count). The van der Waals surface area contributed by atoms with E-state index in [1.807, 2.05) is 0 Å². The molecule has 1 heterocycles. The Hall–Kier alpha value is -1.56. The monoisotopic (exact) mass is 344 g/mol. The van der Waals surface area contributed by atoms with Crippen LogP contribution in [0.2, 0.25) is 0 Å². The van der Waals surface area contributed by atoms with Gasteiger partial charge in [-0.1, -0.05) is 34.8 Å². The molecule has 2 aromatic rings. The van der Waals surface area contributed by atoms with Gasteiger partial charge in [-0.15, -0.1) is 0 Å². The highest BCUT2D eigenvalue weighted by molar-refractivity contribution is 6.66. The number of benzene rings is 1. The molecule has 1 aromatic heterocycles. The standard InChI is InChI=1S/C13H11Cl3N4O/c1-21-11-5-8(17)4-10(13(14,15)16)9(11)2-3-12-19-6-18-7-20-12/h2-7H,17H2,1H3. The lowest BCUT2D eigenvalue weighted by molar-refractivity contribution is 0.413. The molecular formula is C13H11Cl3N4O. The van der Waals surface area contributed by atoms with Crippen LogP contribution in [0.3, 0.4) is 0 Å². The van der Waals surface area contributed by atoms with Gasteiger partial charge in [0.25, 0.3) is 0 Å². The highest BCUT2D eigenvalue weighted by Crippen LogP contribution is 2.44. The minimum Gasteiger partial charge on any atom is -0.496 e. The van der Waals surface area contributed by atoms with E-state index in [4.69, 9.17) is 45.3 Å². The fourth-order valence-corrected chi connectivity index (χ4v) is 2.18. The first-order chi connectivity index (χ1) is 9.91. The molecule has 0 saturated carbocycles. The summed E-state index contributed by atoms with van der Waals surface area (Å²) in [4.78, 5) is 11.7. The minimum atomic E-state index is -1.64. The van der Waals surface area contributed by atoms with Crippen LogP contribution in [-0.2, 0) is 3.79 Å². The quantitative estimate of drug-likeness (QED) is 0.681. The van der Waals surface area contributed by atoms with Gasteiger partial charge in [0.2, 0.25) is 3.79 Å². The van der Waals surface area contributed by atoms with Crippen LogP contribution in [0, 0.1) is 0 Å². The zero-order valence-electron chi connectivity index (χ0n) is 10.9. The summed E-state index contributed by atoms with van der Waals surface area (Å²) >= 11 is 18.0. The van der Waals surface area contributed by atoms with Crippen molar-refractivity contribution in [3.63, 3.8) is 0 Å². The second-order valence-corrected chi connectivity index (χ2v) is 6.29. The van der Waals surface area contributed by atoms with Crippen LogP contribution in [-0.4, -0.2) is 22.1 Å². The summed E-state index contributed by atoms with van der Waals surface area (Å²) in [5, 5.41) is 0. The normalized spacial score (nSPS) is 11.8. The summed E-state index contributed by atoms with van der Waals surface area (Å²) < 4.78 is 3.65. The van der Waals surface area contributed by atoms with Crippen molar-refractivity contribution in [2.24, 2.45) is 0 Å². The molecule has 1 aromatic carbocycles. The van der Waals surface area contributed by atoms with Gasteiger partial charge in [0.05, 0.1) is 7.11 Å². The summed E-state index contributed by atoms with van der Waals surface area (Å²) in [5.74, 6) is 0.959. The van der Waals surface area contributed by atoms with E-state index < -0.39 is 3.79 Å². The first-order valence-electron chi connectivity index (χ1n) is 5.76. The topological polar surface area (TPSA) is 73.9 Å². The molecule has 0 aliphatic heterocycles. The van der Waals surface area contributed by atoms with E-state index in [1.54, 1.807) is 24.3 Å². The zero-order valence-corrected chi connectivity index (χ0v) is 13.2. The van der Waals surface area contributed by atoms with Crippen LogP contribution in [0.25, 0.3) is 12.2 Å². The summed E-state index contributed by atoms with van der Waals surface area (Å²) in [5.41, 5.74) is 7.23. The number of anilines is 1. The Morgan fingerprint density at radius 1 is 1.14 bits per heavy atom. The number of methoxy groups -OCH3 is 1. The number of halogens is 3. The van der Waals surface area contributed by atoms with Crippen LogP contribution < -0.4 is 10.5 Å². The first kappa shape index (κ1) is 15.8. The summed E-state index contributed by atoms with van der Waals surface area (Å²) in [6, 6.07) is 3.23. The number of aromatic nitrogens is 3. The van der Waals surface area contributed by atoms with Crippen molar-refractivity contribution >= 4 is 52.6 Å². The van der Waals surface area contributed by atoms with E-state index in [1.165, 1.54) is 19.8 Å². The van der Waals surface area contributed by atoms with E-state index in [9.17, 15) is 0 Å². The molecule has 0 amide bonds. The van der Waals surface area contributed by atoms with Gasteiger partial charge in [0, 0.05) is 22.9 Å². The Balaban J connectivity index is 2.53. The molecule has 21 heavy (non-hydrogen) atoms. The molecule has 0 atom stereocenters. The van der Waals surface area contributed by atoms with Crippen LogP contribution in [0.5, 0.6) is 5.75 Å². The molecule has 0 aliphatic carbocycles. The predicted molar refractivity (Wildman–Crippen MR) is 85.4 cm³/mol. The highest BCUT2D eigenvalue weighted by atomic mass is 35.6. The second kappa shape index (κ2) is 6.47. The molecule has 0 aliphatic rings. The van der Waals surface area contributed by atoms with Gasteiger partial charge < -0.3 is 10.5 Å². The van der Waals surface area contributed by atoms with E-state index in [-0.39, 0.29) is 0 Å². The van der Waals surface area contributed by atoms with Crippen molar-refractivity contribution < 1.29 is 4.74 Å². The number of nitrogens with zero attached hydrogens (tertiary/aromatic N) is 3. The summed E-state index contributed by atoms with van der Waals surface area (Å²) in [6.07, 6.45) is 6.14. The van der Waals surface area contributed by atoms with E-state index in [0.29, 0.717) is 28.4 Å². The maximum absolute atomic E-state index is 5.99. The Kier molecular flexibility index (Phi) is 4.88. The largest absolute Gasteiger partial charge is 0.496 e. The van der Waals surface area contributed by atoms with Gasteiger partial charge in [0.1, 0.15) is 18.4 Å². The van der Waals surface area contributed by atoms with Crippen molar-refractivity contribution in [3.05, 3.63) is 41.7 Å². The van der Waals surface area contributed by atoms with E-state index in [2.05, 4.69) is 15.0 Å². The van der Waals surface area contributed by atoms with Gasteiger partial charge in [-0.2, -0.15) is 0 Å². The number of nitrogen functional groups attached to an aromatic ring is 1. The maximum atomic E-state index is 5.99. The summed E-state index contributed by atoms with van der Waals surface area (Å²) in [7, 11) is 1.51.